The number of aryl methyl sites for hydroxylation is 2. The molecule has 0 spiro atoms. The summed E-state index contributed by atoms with van der Waals surface area (Å²) in [5, 5.41) is 10.0. The van der Waals surface area contributed by atoms with Crippen LogP contribution < -0.4 is 5.14 Å². The average Bonchev–Trinajstić information content (AvgIpc) is 2.54. The molecule has 0 aromatic carbocycles. The van der Waals surface area contributed by atoms with E-state index in [0.717, 1.165) is 10.6 Å². The maximum absolute atomic E-state index is 11.5. The Morgan fingerprint density at radius 1 is 1.41 bits per heavy atom. The van der Waals surface area contributed by atoms with Crippen LogP contribution in [0, 0.1) is 13.8 Å². The molecule has 0 unspecified atom stereocenters. The molecule has 92 valence electrons. The molecule has 0 radical (unpaired) electrons. The van der Waals surface area contributed by atoms with Crippen LogP contribution in [0.1, 0.15) is 11.3 Å². The molecule has 0 fully saturated rings. The minimum absolute atomic E-state index is 0.0495. The Labute approximate surface area is 103 Å². The number of nitrogens with two attached hydrogens (primary N) is 1. The summed E-state index contributed by atoms with van der Waals surface area (Å²) >= 11 is 1.43. The van der Waals surface area contributed by atoms with E-state index in [2.05, 4.69) is 10.1 Å². The summed E-state index contributed by atoms with van der Waals surface area (Å²) < 4.78 is 24.3. The zero-order chi connectivity index (χ0) is 12.8. The van der Waals surface area contributed by atoms with Gasteiger partial charge in [-0.15, -0.1) is 11.8 Å². The van der Waals surface area contributed by atoms with Crippen LogP contribution in [0.4, 0.5) is 0 Å². The molecule has 0 saturated heterocycles. The molecular formula is C9H12N4O2S2. The van der Waals surface area contributed by atoms with Gasteiger partial charge in [0, 0.05) is 0 Å². The number of nitrogens with zero attached hydrogens (tertiary/aromatic N) is 3. The summed E-state index contributed by atoms with van der Waals surface area (Å²) in [6.07, 6.45) is 1.87. The first-order chi connectivity index (χ1) is 7.84. The minimum atomic E-state index is -3.83. The zero-order valence-electron chi connectivity index (χ0n) is 9.63. The Morgan fingerprint density at radius 2 is 2.06 bits per heavy atom. The predicted molar refractivity (Wildman–Crippen MR) is 65.6 cm³/mol. The Hall–Kier alpha value is -1.12. The number of fused-ring (bicyclic) bond motifs is 1. The lowest BCUT2D eigenvalue weighted by Crippen LogP contribution is -2.17. The number of primary sulfonamides is 1. The van der Waals surface area contributed by atoms with Gasteiger partial charge in [-0.25, -0.2) is 18.5 Å². The molecule has 6 nitrogen and oxygen atoms in total. The molecule has 0 aliphatic carbocycles. The fraction of sp³-hybridized carbons (Fsp3) is 0.333. The highest BCUT2D eigenvalue weighted by molar-refractivity contribution is 7.98. The van der Waals surface area contributed by atoms with Crippen LogP contribution in [-0.2, 0) is 10.0 Å². The van der Waals surface area contributed by atoms with Gasteiger partial charge in [0.15, 0.2) is 10.7 Å². The van der Waals surface area contributed by atoms with Gasteiger partial charge in [0.2, 0.25) is 0 Å². The van der Waals surface area contributed by atoms with Gasteiger partial charge in [0.1, 0.15) is 5.03 Å². The van der Waals surface area contributed by atoms with Gasteiger partial charge in [-0.2, -0.15) is 9.61 Å². The maximum Gasteiger partial charge on any atom is 0.257 e. The molecule has 0 atom stereocenters. The second-order valence-electron chi connectivity index (χ2n) is 3.65. The molecule has 2 N–H and O–H groups in total. The average molecular weight is 272 g/mol. The van der Waals surface area contributed by atoms with Gasteiger partial charge in [0.05, 0.1) is 5.69 Å². The summed E-state index contributed by atoms with van der Waals surface area (Å²) in [6.45, 7) is 3.46. The summed E-state index contributed by atoms with van der Waals surface area (Å²) in [6, 6.07) is 1.86. The Balaban J connectivity index is 2.94. The van der Waals surface area contributed by atoms with Crippen molar-refractivity contribution in [3.8, 4) is 0 Å². The molecule has 0 bridgehead atoms. The van der Waals surface area contributed by atoms with Crippen LogP contribution in [0.2, 0.25) is 0 Å². The second kappa shape index (κ2) is 3.97. The van der Waals surface area contributed by atoms with E-state index < -0.39 is 10.0 Å². The number of sulfonamides is 1. The third kappa shape index (κ3) is 2.03. The standard InChI is InChI=1S/C9H12N4O2S2/c1-5-4-7(16-3)12-13-8(5)11-6(2)9(13)17(10,14)15/h4H,1-3H3,(H2,10,14,15). The SMILES string of the molecule is CSc1cc(C)c2nc(C)c(S(N)(=O)=O)n2n1. The van der Waals surface area contributed by atoms with E-state index in [1.807, 2.05) is 19.2 Å². The van der Waals surface area contributed by atoms with Crippen LogP contribution in [0.15, 0.2) is 16.1 Å². The molecule has 2 aromatic rings. The van der Waals surface area contributed by atoms with Crippen LogP contribution in [0.25, 0.3) is 5.65 Å². The van der Waals surface area contributed by atoms with E-state index in [4.69, 9.17) is 5.14 Å². The number of imidazole rings is 1. The van der Waals surface area contributed by atoms with Crippen molar-refractivity contribution < 1.29 is 8.42 Å². The molecule has 2 heterocycles. The van der Waals surface area contributed by atoms with Crippen molar-refractivity contribution in [3.63, 3.8) is 0 Å². The minimum Gasteiger partial charge on any atom is -0.231 e. The Morgan fingerprint density at radius 3 is 2.59 bits per heavy atom. The fourth-order valence-electron chi connectivity index (χ4n) is 1.65. The number of hydrogen-bond acceptors (Lipinski definition) is 5. The fourth-order valence-corrected chi connectivity index (χ4v) is 2.94. The van der Waals surface area contributed by atoms with Crippen molar-refractivity contribution in [1.82, 2.24) is 14.6 Å². The first-order valence-electron chi connectivity index (χ1n) is 4.78. The van der Waals surface area contributed by atoms with Gasteiger partial charge >= 0.3 is 0 Å². The van der Waals surface area contributed by atoms with Crippen molar-refractivity contribution in [1.29, 1.82) is 0 Å². The number of thioether (sulfide) groups is 1. The van der Waals surface area contributed by atoms with Crippen molar-refractivity contribution in [2.45, 2.75) is 23.9 Å². The number of aromatic nitrogens is 3. The Kier molecular flexibility index (Phi) is 2.88. The van der Waals surface area contributed by atoms with Gasteiger partial charge in [-0.1, -0.05) is 0 Å². The predicted octanol–water partition coefficient (Wildman–Crippen LogP) is 0.715. The van der Waals surface area contributed by atoms with E-state index in [1.54, 1.807) is 6.92 Å². The van der Waals surface area contributed by atoms with E-state index in [0.29, 0.717) is 11.3 Å². The third-order valence-electron chi connectivity index (χ3n) is 2.35. The molecule has 0 amide bonds. The van der Waals surface area contributed by atoms with Gasteiger partial charge in [-0.05, 0) is 31.7 Å². The van der Waals surface area contributed by atoms with Crippen molar-refractivity contribution >= 4 is 27.4 Å². The molecule has 0 saturated carbocycles. The molecule has 2 rings (SSSR count). The van der Waals surface area contributed by atoms with E-state index in [-0.39, 0.29) is 5.03 Å². The summed E-state index contributed by atoms with van der Waals surface area (Å²) in [4.78, 5) is 4.19. The molecular weight excluding hydrogens is 260 g/mol. The number of rotatable bonds is 2. The highest BCUT2D eigenvalue weighted by Crippen LogP contribution is 2.21. The summed E-state index contributed by atoms with van der Waals surface area (Å²) in [5.41, 5.74) is 1.74. The van der Waals surface area contributed by atoms with Crippen molar-refractivity contribution in [2.75, 3.05) is 6.26 Å². The first kappa shape index (κ1) is 12.3. The summed E-state index contributed by atoms with van der Waals surface area (Å²) in [5.74, 6) is 0. The van der Waals surface area contributed by atoms with Gasteiger partial charge in [0.25, 0.3) is 10.0 Å². The quantitative estimate of drug-likeness (QED) is 0.813. The van der Waals surface area contributed by atoms with E-state index in [9.17, 15) is 8.42 Å². The smallest absolute Gasteiger partial charge is 0.231 e. The second-order valence-corrected chi connectivity index (χ2v) is 5.96. The molecule has 8 heteroatoms. The Bertz CT molecular complexity index is 691. The normalized spacial score (nSPS) is 12.2. The first-order valence-corrected chi connectivity index (χ1v) is 7.55. The largest absolute Gasteiger partial charge is 0.257 e. The van der Waals surface area contributed by atoms with Gasteiger partial charge < -0.3 is 0 Å². The van der Waals surface area contributed by atoms with Gasteiger partial charge in [-0.3, -0.25) is 0 Å². The lowest BCUT2D eigenvalue weighted by atomic mass is 10.3. The van der Waals surface area contributed by atoms with Crippen molar-refractivity contribution in [3.05, 3.63) is 17.3 Å². The topological polar surface area (TPSA) is 90.3 Å². The van der Waals surface area contributed by atoms with Crippen molar-refractivity contribution in [2.24, 2.45) is 5.14 Å². The lowest BCUT2D eigenvalue weighted by Gasteiger charge is -2.03. The van der Waals surface area contributed by atoms with Crippen LogP contribution in [-0.4, -0.2) is 29.3 Å². The third-order valence-corrected chi connectivity index (χ3v) is 3.97. The maximum atomic E-state index is 11.5. The van der Waals surface area contributed by atoms with E-state index >= 15 is 0 Å². The van der Waals surface area contributed by atoms with Crippen LogP contribution in [0.3, 0.4) is 0 Å². The van der Waals surface area contributed by atoms with Crippen LogP contribution in [0.5, 0.6) is 0 Å². The molecule has 17 heavy (non-hydrogen) atoms. The highest BCUT2D eigenvalue weighted by atomic mass is 32.2. The zero-order valence-corrected chi connectivity index (χ0v) is 11.3. The van der Waals surface area contributed by atoms with Crippen LogP contribution >= 0.6 is 11.8 Å². The molecule has 0 aliphatic heterocycles. The summed E-state index contributed by atoms with van der Waals surface area (Å²) in [7, 11) is -3.83. The monoisotopic (exact) mass is 272 g/mol. The van der Waals surface area contributed by atoms with E-state index in [1.165, 1.54) is 16.3 Å². The number of hydrogen-bond donors (Lipinski definition) is 1. The molecule has 0 aliphatic rings. The lowest BCUT2D eigenvalue weighted by molar-refractivity contribution is 0.587. The molecule has 2 aromatic heterocycles. The highest BCUT2D eigenvalue weighted by Gasteiger charge is 2.21.